The molecule has 0 unspecified atom stereocenters. The molecule has 0 amide bonds. The maximum Gasteiger partial charge on any atom is 0.152 e. The van der Waals surface area contributed by atoms with Gasteiger partial charge in [-0.25, -0.2) is 0 Å². The number of furan rings is 1. The molecule has 62 valence electrons. The maximum atomic E-state index is 8.83. The van der Waals surface area contributed by atoms with Gasteiger partial charge in [0, 0.05) is 5.39 Å². The van der Waals surface area contributed by atoms with Gasteiger partial charge < -0.3 is 9.52 Å². The van der Waals surface area contributed by atoms with Gasteiger partial charge >= 0.3 is 0 Å². The van der Waals surface area contributed by atoms with Gasteiger partial charge in [0.1, 0.15) is 0 Å². The van der Waals surface area contributed by atoms with Crippen molar-refractivity contribution in [1.29, 1.82) is 0 Å². The number of pyridine rings is 1. The van der Waals surface area contributed by atoms with E-state index in [9.17, 15) is 0 Å². The van der Waals surface area contributed by atoms with Crippen LogP contribution in [0.25, 0.3) is 11.0 Å². The summed E-state index contributed by atoms with van der Waals surface area (Å²) in [4.78, 5) is 3.99. The lowest BCUT2D eigenvalue weighted by Crippen LogP contribution is -1.86. The number of aryl methyl sites for hydroxylation is 1. The summed E-state index contributed by atoms with van der Waals surface area (Å²) in [7, 11) is 0. The lowest BCUT2D eigenvalue weighted by atomic mass is 10.2. The first-order chi connectivity index (χ1) is 5.81. The summed E-state index contributed by atoms with van der Waals surface area (Å²) >= 11 is 0. The highest BCUT2D eigenvalue weighted by Gasteiger charge is 2.02. The molecule has 3 nitrogen and oxygen atoms in total. The van der Waals surface area contributed by atoms with Crippen molar-refractivity contribution in [2.24, 2.45) is 0 Å². The van der Waals surface area contributed by atoms with Gasteiger partial charge in [-0.2, -0.15) is 0 Å². The van der Waals surface area contributed by atoms with Crippen molar-refractivity contribution < 1.29 is 9.52 Å². The zero-order valence-corrected chi connectivity index (χ0v) is 6.74. The highest BCUT2D eigenvalue weighted by Crippen LogP contribution is 2.19. The zero-order valence-electron chi connectivity index (χ0n) is 6.74. The standard InChI is InChI=1S/C9H9NO2/c1-6-5-12-9-3-10-7(4-11)2-8(6)9/h2-3,5,11H,4H2,1H3. The Morgan fingerprint density at radius 3 is 3.17 bits per heavy atom. The number of hydrogen-bond acceptors (Lipinski definition) is 3. The third-order valence-electron chi connectivity index (χ3n) is 1.87. The van der Waals surface area contributed by atoms with E-state index in [-0.39, 0.29) is 6.61 Å². The number of fused-ring (bicyclic) bond motifs is 1. The molecule has 0 bridgehead atoms. The van der Waals surface area contributed by atoms with Crippen LogP contribution in [0.5, 0.6) is 0 Å². The first-order valence-electron chi connectivity index (χ1n) is 3.75. The normalized spacial score (nSPS) is 10.8. The minimum absolute atomic E-state index is 0.0272. The lowest BCUT2D eigenvalue weighted by molar-refractivity contribution is 0.277. The van der Waals surface area contributed by atoms with Crippen LogP contribution in [0, 0.1) is 6.92 Å². The van der Waals surface area contributed by atoms with Crippen LogP contribution in [0.15, 0.2) is 22.9 Å². The smallest absolute Gasteiger partial charge is 0.152 e. The first kappa shape index (κ1) is 7.31. The second-order valence-corrected chi connectivity index (χ2v) is 2.75. The molecular weight excluding hydrogens is 154 g/mol. The summed E-state index contributed by atoms with van der Waals surface area (Å²) in [5.41, 5.74) is 2.51. The summed E-state index contributed by atoms with van der Waals surface area (Å²) in [6, 6.07) is 1.84. The van der Waals surface area contributed by atoms with E-state index in [0.717, 1.165) is 16.5 Å². The fourth-order valence-electron chi connectivity index (χ4n) is 1.19. The Morgan fingerprint density at radius 2 is 2.42 bits per heavy atom. The molecule has 12 heavy (non-hydrogen) atoms. The van der Waals surface area contributed by atoms with E-state index < -0.39 is 0 Å². The largest absolute Gasteiger partial charge is 0.462 e. The van der Waals surface area contributed by atoms with Crippen LogP contribution in [0.4, 0.5) is 0 Å². The van der Waals surface area contributed by atoms with Gasteiger partial charge in [-0.05, 0) is 18.6 Å². The summed E-state index contributed by atoms with van der Waals surface area (Å²) < 4.78 is 5.20. The van der Waals surface area contributed by atoms with Crippen molar-refractivity contribution in [2.75, 3.05) is 0 Å². The molecule has 0 spiro atoms. The van der Waals surface area contributed by atoms with Crippen molar-refractivity contribution in [3.8, 4) is 0 Å². The topological polar surface area (TPSA) is 46.3 Å². The van der Waals surface area contributed by atoms with E-state index >= 15 is 0 Å². The summed E-state index contributed by atoms with van der Waals surface area (Å²) in [5, 5.41) is 9.85. The molecule has 2 heterocycles. The lowest BCUT2D eigenvalue weighted by Gasteiger charge is -1.93. The van der Waals surface area contributed by atoms with E-state index in [2.05, 4.69) is 4.98 Å². The third kappa shape index (κ3) is 0.987. The van der Waals surface area contributed by atoms with Gasteiger partial charge in [-0.15, -0.1) is 0 Å². The molecule has 0 aliphatic rings. The van der Waals surface area contributed by atoms with Crippen LogP contribution in [0.1, 0.15) is 11.3 Å². The van der Waals surface area contributed by atoms with Gasteiger partial charge in [-0.3, -0.25) is 4.98 Å². The van der Waals surface area contributed by atoms with Crippen LogP contribution in [-0.2, 0) is 6.61 Å². The SMILES string of the molecule is Cc1coc2cnc(CO)cc12. The Balaban J connectivity index is 2.71. The van der Waals surface area contributed by atoms with E-state index in [1.54, 1.807) is 12.5 Å². The van der Waals surface area contributed by atoms with Gasteiger partial charge in [0.2, 0.25) is 0 Å². The highest BCUT2D eigenvalue weighted by atomic mass is 16.3. The Labute approximate surface area is 69.7 Å². The Hall–Kier alpha value is -1.35. The predicted octanol–water partition coefficient (Wildman–Crippen LogP) is 1.63. The number of hydrogen-bond donors (Lipinski definition) is 1. The van der Waals surface area contributed by atoms with E-state index in [1.165, 1.54) is 0 Å². The maximum absolute atomic E-state index is 8.83. The monoisotopic (exact) mass is 163 g/mol. The van der Waals surface area contributed by atoms with Crippen molar-refractivity contribution in [2.45, 2.75) is 13.5 Å². The molecule has 2 rings (SSSR count). The predicted molar refractivity (Wildman–Crippen MR) is 44.7 cm³/mol. The number of aromatic nitrogens is 1. The molecule has 0 atom stereocenters. The van der Waals surface area contributed by atoms with Crippen LogP contribution in [0.3, 0.4) is 0 Å². The molecule has 0 radical (unpaired) electrons. The third-order valence-corrected chi connectivity index (χ3v) is 1.87. The van der Waals surface area contributed by atoms with Crippen LogP contribution in [-0.4, -0.2) is 10.1 Å². The highest BCUT2D eigenvalue weighted by molar-refractivity contribution is 5.80. The molecule has 2 aromatic rings. The van der Waals surface area contributed by atoms with Gasteiger partial charge in [-0.1, -0.05) is 0 Å². The zero-order chi connectivity index (χ0) is 8.55. The summed E-state index contributed by atoms with van der Waals surface area (Å²) in [5.74, 6) is 0. The number of rotatable bonds is 1. The van der Waals surface area contributed by atoms with Gasteiger partial charge in [0.25, 0.3) is 0 Å². The van der Waals surface area contributed by atoms with Gasteiger partial charge in [0.05, 0.1) is 24.8 Å². The second kappa shape index (κ2) is 2.60. The fourth-order valence-corrected chi connectivity index (χ4v) is 1.19. The molecule has 0 saturated carbocycles. The van der Waals surface area contributed by atoms with E-state index in [4.69, 9.17) is 9.52 Å². The second-order valence-electron chi connectivity index (χ2n) is 2.75. The Kier molecular flexibility index (Phi) is 1.59. The Bertz CT molecular complexity index is 406. The quantitative estimate of drug-likeness (QED) is 0.695. The number of nitrogens with zero attached hydrogens (tertiary/aromatic N) is 1. The Morgan fingerprint density at radius 1 is 1.58 bits per heavy atom. The van der Waals surface area contributed by atoms with Crippen molar-refractivity contribution in [1.82, 2.24) is 4.98 Å². The molecule has 2 aromatic heterocycles. The van der Waals surface area contributed by atoms with Crippen LogP contribution >= 0.6 is 0 Å². The molecular formula is C9H9NO2. The van der Waals surface area contributed by atoms with Crippen LogP contribution < -0.4 is 0 Å². The molecule has 0 aromatic carbocycles. The molecule has 0 aliphatic heterocycles. The van der Waals surface area contributed by atoms with E-state index in [0.29, 0.717) is 5.69 Å². The molecule has 0 fully saturated rings. The molecule has 0 aliphatic carbocycles. The number of aliphatic hydroxyl groups is 1. The summed E-state index contributed by atoms with van der Waals surface area (Å²) in [6.45, 7) is 1.94. The summed E-state index contributed by atoms with van der Waals surface area (Å²) in [6.07, 6.45) is 3.32. The minimum Gasteiger partial charge on any atom is -0.462 e. The van der Waals surface area contributed by atoms with Crippen LogP contribution in [0.2, 0.25) is 0 Å². The van der Waals surface area contributed by atoms with Gasteiger partial charge in [0.15, 0.2) is 5.58 Å². The number of aliphatic hydroxyl groups excluding tert-OH is 1. The fraction of sp³-hybridized carbons (Fsp3) is 0.222. The minimum atomic E-state index is -0.0272. The molecule has 3 heteroatoms. The first-order valence-corrected chi connectivity index (χ1v) is 3.75. The molecule has 1 N–H and O–H groups in total. The van der Waals surface area contributed by atoms with Crippen molar-refractivity contribution >= 4 is 11.0 Å². The molecule has 0 saturated heterocycles. The average molecular weight is 163 g/mol. The van der Waals surface area contributed by atoms with Crippen molar-refractivity contribution in [3.05, 3.63) is 29.8 Å². The average Bonchev–Trinajstić information content (AvgIpc) is 2.47. The van der Waals surface area contributed by atoms with Crippen molar-refractivity contribution in [3.63, 3.8) is 0 Å². The van der Waals surface area contributed by atoms with E-state index in [1.807, 2.05) is 13.0 Å².